The number of aryl methyl sites for hydroxylation is 1. The van der Waals surface area contributed by atoms with Gasteiger partial charge in [0.05, 0.1) is 10.5 Å². The first-order chi connectivity index (χ1) is 15.0. The van der Waals surface area contributed by atoms with Gasteiger partial charge in [0.1, 0.15) is 15.8 Å². The quantitative estimate of drug-likeness (QED) is 0.316. The van der Waals surface area contributed by atoms with E-state index < -0.39 is 0 Å². The lowest BCUT2D eigenvalue weighted by molar-refractivity contribution is -0.122. The highest BCUT2D eigenvalue weighted by atomic mass is 32.2. The summed E-state index contributed by atoms with van der Waals surface area (Å²) in [7, 11) is 0. The summed E-state index contributed by atoms with van der Waals surface area (Å²) in [5, 5.41) is 12.2. The van der Waals surface area contributed by atoms with E-state index in [4.69, 9.17) is 22.1 Å². The monoisotopic (exact) mass is 462 g/mol. The Bertz CT molecular complexity index is 1070. The van der Waals surface area contributed by atoms with Crippen LogP contribution in [0, 0.1) is 6.92 Å². The van der Waals surface area contributed by atoms with E-state index in [0.717, 1.165) is 5.56 Å². The average molecular weight is 463 g/mol. The van der Waals surface area contributed by atoms with Crippen LogP contribution >= 0.6 is 24.0 Å². The van der Waals surface area contributed by atoms with E-state index >= 15 is 0 Å². The first-order valence-corrected chi connectivity index (χ1v) is 11.4. The van der Waals surface area contributed by atoms with E-state index in [-0.39, 0.29) is 23.6 Å². The third-order valence-electron chi connectivity index (χ3n) is 4.74. The molecule has 1 fully saturated rings. The molecule has 31 heavy (non-hydrogen) atoms. The molecule has 2 aromatic heterocycles. The largest absolute Gasteiger partial charge is 0.396 e. The van der Waals surface area contributed by atoms with Crippen LogP contribution in [0.2, 0.25) is 0 Å². The number of fused-ring (bicyclic) bond motifs is 1. The van der Waals surface area contributed by atoms with Crippen molar-refractivity contribution in [3.63, 3.8) is 0 Å². The van der Waals surface area contributed by atoms with Gasteiger partial charge in [0.25, 0.3) is 11.5 Å². The number of aliphatic hydroxyl groups excluding tert-OH is 1. The van der Waals surface area contributed by atoms with Gasteiger partial charge in [0, 0.05) is 39.1 Å². The van der Waals surface area contributed by atoms with E-state index in [1.807, 2.05) is 19.9 Å². The van der Waals surface area contributed by atoms with Crippen molar-refractivity contribution in [2.75, 3.05) is 38.2 Å². The summed E-state index contributed by atoms with van der Waals surface area (Å²) in [4.78, 5) is 32.7. The zero-order valence-electron chi connectivity index (χ0n) is 17.6. The molecule has 2 N–H and O–H groups in total. The van der Waals surface area contributed by atoms with Crippen molar-refractivity contribution in [2.45, 2.75) is 26.7 Å². The number of ether oxygens (including phenoxy) is 1. The fraction of sp³-hybridized carbons (Fsp3) is 0.429. The number of nitrogens with zero attached hydrogens (tertiary/aromatic N) is 3. The summed E-state index contributed by atoms with van der Waals surface area (Å²) in [6.07, 6.45) is 4.41. The molecule has 166 valence electrons. The lowest BCUT2D eigenvalue weighted by atomic mass is 10.2. The standard InChI is InChI=1S/C21H26N4O4S2/c1-3-29-12-6-10-25-20(28)16(31-21(25)30)13-15-17(22-8-5-11-26)23-18-14(2)7-4-9-24(18)19(15)27/h4,7,9,13,22,26H,3,5-6,8,10-12H2,1-2H3. The van der Waals surface area contributed by atoms with Crippen molar-refractivity contribution < 1.29 is 14.6 Å². The molecule has 1 saturated heterocycles. The molecular weight excluding hydrogens is 436 g/mol. The number of nitrogens with one attached hydrogen (secondary N) is 1. The van der Waals surface area contributed by atoms with E-state index in [1.165, 1.54) is 16.2 Å². The minimum absolute atomic E-state index is 0.0222. The van der Waals surface area contributed by atoms with E-state index in [9.17, 15) is 9.59 Å². The molecule has 1 aliphatic rings. The van der Waals surface area contributed by atoms with Crippen molar-refractivity contribution >= 4 is 51.7 Å². The summed E-state index contributed by atoms with van der Waals surface area (Å²) in [5.41, 5.74) is 1.41. The van der Waals surface area contributed by atoms with Crippen LogP contribution < -0.4 is 10.9 Å². The predicted octanol–water partition coefficient (Wildman–Crippen LogP) is 2.43. The molecule has 8 nitrogen and oxygen atoms in total. The van der Waals surface area contributed by atoms with Crippen molar-refractivity contribution in [1.82, 2.24) is 14.3 Å². The molecule has 1 aliphatic heterocycles. The molecule has 0 aromatic carbocycles. The lowest BCUT2D eigenvalue weighted by Gasteiger charge is -2.14. The van der Waals surface area contributed by atoms with Gasteiger partial charge >= 0.3 is 0 Å². The molecule has 3 heterocycles. The first kappa shape index (κ1) is 23.4. The number of amides is 1. The van der Waals surface area contributed by atoms with Crippen molar-refractivity contribution in [3.05, 3.63) is 44.7 Å². The molecule has 0 spiro atoms. The molecule has 10 heteroatoms. The second-order valence-electron chi connectivity index (χ2n) is 6.95. The Hall–Kier alpha value is -2.27. The maximum atomic E-state index is 13.2. The van der Waals surface area contributed by atoms with Crippen molar-refractivity contribution in [2.24, 2.45) is 0 Å². The molecule has 0 atom stereocenters. The van der Waals surface area contributed by atoms with Crippen LogP contribution in [0.1, 0.15) is 30.9 Å². The fourth-order valence-electron chi connectivity index (χ4n) is 3.16. The number of pyridine rings is 1. The third kappa shape index (κ3) is 5.32. The predicted molar refractivity (Wildman–Crippen MR) is 127 cm³/mol. The van der Waals surface area contributed by atoms with E-state index in [1.54, 1.807) is 23.2 Å². The highest BCUT2D eigenvalue weighted by molar-refractivity contribution is 8.26. The Kier molecular flexibility index (Phi) is 8.19. The number of hydrogen-bond acceptors (Lipinski definition) is 8. The van der Waals surface area contributed by atoms with Gasteiger partial charge in [0.2, 0.25) is 0 Å². The molecule has 3 rings (SSSR count). The Morgan fingerprint density at radius 3 is 2.90 bits per heavy atom. The molecule has 0 aliphatic carbocycles. The average Bonchev–Trinajstić information content (AvgIpc) is 3.01. The van der Waals surface area contributed by atoms with Crippen LogP contribution in [0.15, 0.2) is 28.0 Å². The highest BCUT2D eigenvalue weighted by Crippen LogP contribution is 2.33. The Morgan fingerprint density at radius 2 is 2.16 bits per heavy atom. The van der Waals surface area contributed by atoms with Crippen LogP contribution in [0.5, 0.6) is 0 Å². The minimum atomic E-state index is -0.276. The molecule has 0 unspecified atom stereocenters. The SMILES string of the molecule is CCOCCCN1C(=O)C(=Cc2c(NCCCO)nc3c(C)cccn3c2=O)SC1=S. The molecule has 1 amide bonds. The van der Waals surface area contributed by atoms with Gasteiger partial charge in [-0.25, -0.2) is 4.98 Å². The summed E-state index contributed by atoms with van der Waals surface area (Å²) in [6, 6.07) is 3.66. The van der Waals surface area contributed by atoms with Crippen molar-refractivity contribution in [1.29, 1.82) is 0 Å². The number of carbonyl (C=O) groups excluding carboxylic acids is 1. The summed E-state index contributed by atoms with van der Waals surface area (Å²) >= 11 is 6.56. The van der Waals surface area contributed by atoms with Gasteiger partial charge in [0.15, 0.2) is 0 Å². The number of hydrogen-bond donors (Lipinski definition) is 2. The molecule has 0 bridgehead atoms. The van der Waals surface area contributed by atoms with Crippen LogP contribution in [0.3, 0.4) is 0 Å². The number of carbonyl (C=O) groups is 1. The van der Waals surface area contributed by atoms with Crippen LogP contribution in [0.4, 0.5) is 5.82 Å². The summed E-state index contributed by atoms with van der Waals surface area (Å²) < 4.78 is 7.27. The summed E-state index contributed by atoms with van der Waals surface area (Å²) in [5.74, 6) is 0.163. The molecule has 2 aromatic rings. The number of thiocarbonyl (C=S) groups is 1. The van der Waals surface area contributed by atoms with Gasteiger partial charge in [-0.15, -0.1) is 0 Å². The topological polar surface area (TPSA) is 96.2 Å². The maximum absolute atomic E-state index is 13.2. The number of thioether (sulfide) groups is 1. The molecule has 0 saturated carbocycles. The lowest BCUT2D eigenvalue weighted by Crippen LogP contribution is -2.29. The van der Waals surface area contributed by atoms with Gasteiger partial charge in [-0.2, -0.15) is 0 Å². The van der Waals surface area contributed by atoms with Crippen molar-refractivity contribution in [3.8, 4) is 0 Å². The minimum Gasteiger partial charge on any atom is -0.396 e. The van der Waals surface area contributed by atoms with Gasteiger partial charge in [-0.05, 0) is 44.4 Å². The second kappa shape index (κ2) is 10.9. The number of anilines is 1. The van der Waals surface area contributed by atoms with Gasteiger partial charge in [-0.1, -0.05) is 30.0 Å². The zero-order chi connectivity index (χ0) is 22.4. The van der Waals surface area contributed by atoms with Crippen LogP contribution in [-0.2, 0) is 9.53 Å². The normalized spacial score (nSPS) is 15.5. The third-order valence-corrected chi connectivity index (χ3v) is 6.11. The van der Waals surface area contributed by atoms with Gasteiger partial charge in [-0.3, -0.25) is 18.9 Å². The Morgan fingerprint density at radius 1 is 1.35 bits per heavy atom. The fourth-order valence-corrected chi connectivity index (χ4v) is 4.45. The van der Waals surface area contributed by atoms with Gasteiger partial charge < -0.3 is 15.2 Å². The highest BCUT2D eigenvalue weighted by Gasteiger charge is 2.32. The smallest absolute Gasteiger partial charge is 0.267 e. The Labute approximate surface area is 190 Å². The molecular formula is C21H26N4O4S2. The van der Waals surface area contributed by atoms with E-state index in [2.05, 4.69) is 10.3 Å². The second-order valence-corrected chi connectivity index (χ2v) is 8.63. The summed E-state index contributed by atoms with van der Waals surface area (Å²) in [6.45, 7) is 5.93. The van der Waals surface area contributed by atoms with Crippen LogP contribution in [-0.4, -0.2) is 62.5 Å². The zero-order valence-corrected chi connectivity index (χ0v) is 19.2. The Balaban J connectivity index is 1.97. The number of aliphatic hydroxyl groups is 1. The van der Waals surface area contributed by atoms with E-state index in [0.29, 0.717) is 59.8 Å². The number of rotatable bonds is 10. The maximum Gasteiger partial charge on any atom is 0.267 e. The first-order valence-electron chi connectivity index (χ1n) is 10.2. The molecule has 0 radical (unpaired) electrons. The van der Waals surface area contributed by atoms with Crippen LogP contribution in [0.25, 0.3) is 11.7 Å². The number of aromatic nitrogens is 2.